The predicted octanol–water partition coefficient (Wildman–Crippen LogP) is 12.0. The molecule has 0 radical (unpaired) electrons. The quantitative estimate of drug-likeness (QED) is 0.0562. The second kappa shape index (κ2) is 28.9. The summed E-state index contributed by atoms with van der Waals surface area (Å²) in [7, 11) is 2.75. The molecule has 0 aromatic heterocycles. The number of rotatable bonds is 22. The number of benzene rings is 2. The number of ketones is 1. The summed E-state index contributed by atoms with van der Waals surface area (Å²) in [6.45, 7) is 24.2. The van der Waals surface area contributed by atoms with Gasteiger partial charge in [0.1, 0.15) is 54.3 Å². The van der Waals surface area contributed by atoms with E-state index >= 15 is 9.59 Å². The molecule has 1 aliphatic heterocycles. The molecule has 1 heterocycles. The van der Waals surface area contributed by atoms with E-state index in [9.17, 15) is 33.9 Å². The Hall–Kier alpha value is -6.48. The van der Waals surface area contributed by atoms with Crippen molar-refractivity contribution in [2.75, 3.05) is 27.4 Å². The molecule has 2 aromatic carbocycles. The van der Waals surface area contributed by atoms with Crippen LogP contribution in [-0.4, -0.2) is 140 Å². The molecule has 6 fully saturated rings. The highest BCUT2D eigenvalue weighted by Crippen LogP contribution is 2.69. The van der Waals surface area contributed by atoms with Crippen LogP contribution in [-0.2, 0) is 71.4 Å². The highest BCUT2D eigenvalue weighted by molar-refractivity contribution is 5.94. The monoisotopic (exact) mass is 1360 g/mol. The van der Waals surface area contributed by atoms with E-state index in [2.05, 4.69) is 51.3 Å². The molecule has 0 spiro atoms. The van der Waals surface area contributed by atoms with Gasteiger partial charge in [-0.2, -0.15) is 0 Å². The summed E-state index contributed by atoms with van der Waals surface area (Å²) in [5.74, 6) is -2.95. The minimum atomic E-state index is -2.36. The number of aliphatic hydroxyl groups is 1. The number of methoxy groups -OCH3 is 2. The fraction of sp³-hybridized carbons (Fsp3) is 0.692. The number of ether oxygens (including phenoxy) is 9. The van der Waals surface area contributed by atoms with Crippen molar-refractivity contribution in [3.63, 3.8) is 0 Å². The second-order valence-corrected chi connectivity index (χ2v) is 32.4. The van der Waals surface area contributed by atoms with Crippen molar-refractivity contribution in [3.8, 4) is 0 Å². The zero-order valence-electron chi connectivity index (χ0n) is 60.4. The Morgan fingerprint density at radius 3 is 2.13 bits per heavy atom. The van der Waals surface area contributed by atoms with Crippen LogP contribution in [0.15, 0.2) is 83.5 Å². The van der Waals surface area contributed by atoms with E-state index in [0.717, 1.165) is 42.9 Å². The summed E-state index contributed by atoms with van der Waals surface area (Å²) in [6, 6.07) is 14.7. The maximum atomic E-state index is 16.0. The number of allylic oxidation sites excluding steroid dienone is 1. The molecule has 19 atom stereocenters. The van der Waals surface area contributed by atoms with Gasteiger partial charge in [0.2, 0.25) is 12.0 Å². The van der Waals surface area contributed by atoms with E-state index in [-0.39, 0.29) is 46.8 Å². The Balaban J connectivity index is 0.871. The fourth-order valence-electron chi connectivity index (χ4n) is 19.8. The number of alkyl carbamates (subject to hydrolysis) is 1. The van der Waals surface area contributed by atoms with Gasteiger partial charge in [-0.1, -0.05) is 128 Å². The normalized spacial score (nSPS) is 34.6. The first-order valence-electron chi connectivity index (χ1n) is 35.9. The number of hydrogen-bond donors (Lipinski definition) is 3. The number of amides is 2. The van der Waals surface area contributed by atoms with Gasteiger partial charge in [0.05, 0.1) is 36.0 Å². The van der Waals surface area contributed by atoms with Crippen molar-refractivity contribution in [3.05, 3.63) is 94.6 Å². The van der Waals surface area contributed by atoms with Crippen LogP contribution in [0, 0.1) is 63.1 Å². The Morgan fingerprint density at radius 1 is 0.806 bits per heavy atom. The van der Waals surface area contributed by atoms with E-state index in [0.29, 0.717) is 23.7 Å². The summed E-state index contributed by atoms with van der Waals surface area (Å²) in [5.41, 5.74) is -5.82. The molecule has 2 amide bonds. The summed E-state index contributed by atoms with van der Waals surface area (Å²) in [5, 5.41) is 19.5. The molecule has 20 heteroatoms. The number of hydrogen-bond acceptors (Lipinski definition) is 18. The number of carbonyl (C=O) groups excluding carboxylic acids is 8. The largest absolute Gasteiger partial charge is 0.461 e. The predicted molar refractivity (Wildman–Crippen MR) is 362 cm³/mol. The lowest BCUT2D eigenvalue weighted by molar-refractivity contribution is -0.347. The maximum absolute atomic E-state index is 16.0. The van der Waals surface area contributed by atoms with Gasteiger partial charge in [-0.3, -0.25) is 24.0 Å². The topological polar surface area (TPSA) is 264 Å². The minimum absolute atomic E-state index is 0.0465. The first-order valence-corrected chi connectivity index (χ1v) is 35.9. The lowest BCUT2D eigenvalue weighted by Crippen LogP contribution is -2.82. The van der Waals surface area contributed by atoms with E-state index in [4.69, 9.17) is 42.6 Å². The molecule has 7 aliphatic carbocycles. The van der Waals surface area contributed by atoms with Crippen LogP contribution in [0.1, 0.15) is 208 Å². The van der Waals surface area contributed by atoms with Crippen LogP contribution in [0.5, 0.6) is 0 Å². The van der Waals surface area contributed by atoms with E-state index in [1.54, 1.807) is 97.0 Å². The van der Waals surface area contributed by atoms with Gasteiger partial charge in [-0.15, -0.1) is 0 Å². The first-order chi connectivity index (χ1) is 46.2. The zero-order chi connectivity index (χ0) is 71.2. The molecule has 98 heavy (non-hydrogen) atoms. The van der Waals surface area contributed by atoms with Gasteiger partial charge in [0.25, 0.3) is 0 Å². The fourth-order valence-corrected chi connectivity index (χ4v) is 19.8. The molecule has 8 aliphatic rings. The van der Waals surface area contributed by atoms with Crippen LogP contribution in [0.25, 0.3) is 0 Å². The average molecular weight is 1360 g/mol. The zero-order valence-corrected chi connectivity index (χ0v) is 60.4. The van der Waals surface area contributed by atoms with Crippen molar-refractivity contribution in [2.45, 2.75) is 252 Å². The summed E-state index contributed by atoms with van der Waals surface area (Å²) in [6.07, 6.45) is 3.27. The van der Waals surface area contributed by atoms with Crippen molar-refractivity contribution in [1.82, 2.24) is 10.6 Å². The van der Waals surface area contributed by atoms with Crippen molar-refractivity contribution in [2.24, 2.45) is 63.1 Å². The molecular formula is C78H108N2O18. The Labute approximate surface area is 578 Å². The van der Waals surface area contributed by atoms with Crippen molar-refractivity contribution < 1.29 is 86.1 Å². The van der Waals surface area contributed by atoms with Crippen LogP contribution in [0.2, 0.25) is 0 Å². The second-order valence-electron chi connectivity index (χ2n) is 32.4. The van der Waals surface area contributed by atoms with E-state index in [1.807, 2.05) is 0 Å². The maximum Gasteiger partial charge on any atom is 0.408 e. The van der Waals surface area contributed by atoms with Gasteiger partial charge in [0, 0.05) is 52.2 Å². The molecule has 20 nitrogen and oxygen atoms in total. The minimum Gasteiger partial charge on any atom is -0.461 e. The number of Topliss-reactive ketones (excluding diaryl/α,β-unsaturated/α-hetero) is 1. The van der Waals surface area contributed by atoms with Crippen molar-refractivity contribution in [1.29, 1.82) is 0 Å². The summed E-state index contributed by atoms with van der Waals surface area (Å²) >= 11 is 0. The number of fused-ring (bicyclic) bond motifs is 10. The standard InChI is InChI=1S/C78H108N2O18/c1-44(2)23-22-24-45(3)53-31-32-54-52-30-29-50-39-51(35-37-74(50,11)55(52)36-38-75(53,54)12)93-61(84)42-79-59(82)33-34-60(83)95-65(63(48-25-18-16-19-26-48)80-71(88)98-72(6,7)8)70(87)94-56-41-78(89)68(96-69(86)49-27-20-17-21-28-49)66-76(13,67(85)64(91-15)62(46(56)4)73(78,9)10)57(90-14)40-58-77(66,43-92-58)97-47(5)81/h16-21,25-29,44-45,51-58,63-66,68,89H,22-24,30-43H2,1-15H3,(H,79,82)(H,80,88)/t45?,51-,52?,53?,54?,55?,56-,57-,58+,63-,64+,65+,66-,68-,74-,75+,76+,77-,78+/m0/s1. The van der Waals surface area contributed by atoms with E-state index in [1.165, 1.54) is 83.8 Å². The SMILES string of the molecule is CO[C@H]1C(=O)[C@]2(C)[C@@H](OC)C[C@H]3OC[C@@]3(OC(C)=O)[C@H]2[C@H](OC(=O)c2ccccc2)[C@]2(O)C[C@H](OC(=O)[C@H](OC(=O)CCC(=O)NCC(=O)O[C@H]3CC[C@@]4(C)C(=CCC5C6CCC(C(C)CCCC(C)C)[C@@]6(C)CCC54)C3)[C@@H](NC(=O)OC(C)(C)C)c3ccccc3)C(C)=C1C2(C)C. The lowest BCUT2D eigenvalue weighted by Gasteiger charge is -2.67. The van der Waals surface area contributed by atoms with Gasteiger partial charge in [-0.25, -0.2) is 14.4 Å². The molecule has 10 rings (SSSR count). The third-order valence-electron chi connectivity index (χ3n) is 24.8. The summed E-state index contributed by atoms with van der Waals surface area (Å²) < 4.78 is 55.7. The molecule has 3 N–H and O–H groups in total. The van der Waals surface area contributed by atoms with Crippen LogP contribution >= 0.6 is 0 Å². The Bertz CT molecular complexity index is 3380. The van der Waals surface area contributed by atoms with Crippen LogP contribution in [0.3, 0.4) is 0 Å². The molecule has 2 aromatic rings. The number of nitrogens with one attached hydrogen (secondary N) is 2. The third-order valence-corrected chi connectivity index (χ3v) is 24.8. The van der Waals surface area contributed by atoms with Gasteiger partial charge < -0.3 is 58.4 Å². The molecule has 5 unspecified atom stereocenters. The lowest BCUT2D eigenvalue weighted by atomic mass is 9.44. The van der Waals surface area contributed by atoms with Crippen molar-refractivity contribution >= 4 is 47.6 Å². The van der Waals surface area contributed by atoms with Crippen LogP contribution < -0.4 is 10.6 Å². The molecule has 5 saturated carbocycles. The van der Waals surface area contributed by atoms with Crippen LogP contribution in [0.4, 0.5) is 4.79 Å². The summed E-state index contributed by atoms with van der Waals surface area (Å²) in [4.78, 5) is 115. The molecular weight excluding hydrogens is 1250 g/mol. The number of carbonyl (C=O) groups is 8. The van der Waals surface area contributed by atoms with Gasteiger partial charge in [0.15, 0.2) is 11.4 Å². The molecule has 1 saturated heterocycles. The third kappa shape index (κ3) is 14.0. The highest BCUT2D eigenvalue weighted by Gasteiger charge is 2.78. The highest BCUT2D eigenvalue weighted by atomic mass is 16.6. The van der Waals surface area contributed by atoms with Gasteiger partial charge in [-0.05, 0) is 155 Å². The average Bonchev–Trinajstić information content (AvgIpc) is 0.739. The molecule has 538 valence electrons. The molecule has 2 bridgehead atoms. The van der Waals surface area contributed by atoms with E-state index < -0.39 is 150 Å². The Kier molecular flexibility index (Phi) is 21.9. The van der Waals surface area contributed by atoms with Gasteiger partial charge >= 0.3 is 35.9 Å². The Morgan fingerprint density at radius 2 is 1.50 bits per heavy atom. The first kappa shape index (κ1) is 74.2. The number of esters is 5. The smallest absolute Gasteiger partial charge is 0.408 e.